The van der Waals surface area contributed by atoms with Gasteiger partial charge in [0.05, 0.1) is 12.3 Å². The molecule has 1 aliphatic rings. The van der Waals surface area contributed by atoms with Crippen LogP contribution >= 0.6 is 0 Å². The SMILES string of the molecule is Cc1ccc(NC(=O)CN2CCCS2(=O)=O)cc1F. The molecule has 1 aromatic rings. The summed E-state index contributed by atoms with van der Waals surface area (Å²) in [6.07, 6.45) is 0.536. The normalized spacial score (nSPS) is 18.4. The number of nitrogens with one attached hydrogen (secondary N) is 1. The van der Waals surface area contributed by atoms with Crippen LogP contribution in [0.4, 0.5) is 10.1 Å². The second-order valence-corrected chi connectivity index (χ2v) is 6.60. The van der Waals surface area contributed by atoms with E-state index >= 15 is 0 Å². The van der Waals surface area contributed by atoms with Crippen molar-refractivity contribution in [3.05, 3.63) is 29.6 Å². The number of aryl methyl sites for hydroxylation is 1. The molecule has 1 N–H and O–H groups in total. The van der Waals surface area contributed by atoms with Crippen LogP contribution in [0, 0.1) is 12.7 Å². The Kier molecular flexibility index (Phi) is 3.86. The number of amides is 1. The molecule has 5 nitrogen and oxygen atoms in total. The highest BCUT2D eigenvalue weighted by Gasteiger charge is 2.29. The third-order valence-corrected chi connectivity index (χ3v) is 4.88. The molecule has 1 amide bonds. The molecule has 0 unspecified atom stereocenters. The zero-order valence-electron chi connectivity index (χ0n) is 10.5. The molecule has 104 valence electrons. The van der Waals surface area contributed by atoms with Crippen LogP contribution in [0.15, 0.2) is 18.2 Å². The van der Waals surface area contributed by atoms with Crippen LogP contribution in [0.2, 0.25) is 0 Å². The first kappa shape index (κ1) is 14.0. The minimum Gasteiger partial charge on any atom is -0.325 e. The first-order valence-corrected chi connectivity index (χ1v) is 7.53. The van der Waals surface area contributed by atoms with E-state index in [1.54, 1.807) is 19.1 Å². The highest BCUT2D eigenvalue weighted by atomic mass is 32.2. The Morgan fingerprint density at radius 1 is 1.47 bits per heavy atom. The van der Waals surface area contributed by atoms with Gasteiger partial charge in [0.1, 0.15) is 5.82 Å². The lowest BCUT2D eigenvalue weighted by atomic mass is 10.2. The number of halogens is 1. The lowest BCUT2D eigenvalue weighted by Gasteiger charge is -2.14. The highest BCUT2D eigenvalue weighted by molar-refractivity contribution is 7.89. The van der Waals surface area contributed by atoms with Crippen LogP contribution in [-0.4, -0.2) is 37.5 Å². The smallest absolute Gasteiger partial charge is 0.239 e. The number of carbonyl (C=O) groups is 1. The van der Waals surface area contributed by atoms with E-state index in [2.05, 4.69) is 5.32 Å². The summed E-state index contributed by atoms with van der Waals surface area (Å²) in [6, 6.07) is 4.35. The number of hydrogen-bond acceptors (Lipinski definition) is 3. The Morgan fingerprint density at radius 3 is 2.79 bits per heavy atom. The fourth-order valence-electron chi connectivity index (χ4n) is 1.90. The van der Waals surface area contributed by atoms with Gasteiger partial charge in [-0.3, -0.25) is 4.79 Å². The van der Waals surface area contributed by atoms with E-state index in [4.69, 9.17) is 0 Å². The van der Waals surface area contributed by atoms with Crippen molar-refractivity contribution < 1.29 is 17.6 Å². The third kappa shape index (κ3) is 3.30. The fourth-order valence-corrected chi connectivity index (χ4v) is 3.37. The number of hydrogen-bond donors (Lipinski definition) is 1. The lowest BCUT2D eigenvalue weighted by Crippen LogP contribution is -2.34. The number of rotatable bonds is 3. The summed E-state index contributed by atoms with van der Waals surface area (Å²) in [6.45, 7) is 1.76. The number of anilines is 1. The van der Waals surface area contributed by atoms with Crippen molar-refractivity contribution in [1.29, 1.82) is 0 Å². The van der Waals surface area contributed by atoms with Crippen LogP contribution in [0.1, 0.15) is 12.0 Å². The quantitative estimate of drug-likeness (QED) is 0.905. The minimum absolute atomic E-state index is 0.0828. The fraction of sp³-hybridized carbons (Fsp3) is 0.417. The highest BCUT2D eigenvalue weighted by Crippen LogP contribution is 2.15. The summed E-state index contributed by atoms with van der Waals surface area (Å²) in [5, 5.41) is 2.49. The third-order valence-electron chi connectivity index (χ3n) is 2.98. The lowest BCUT2D eigenvalue weighted by molar-refractivity contribution is -0.116. The van der Waals surface area contributed by atoms with Gasteiger partial charge in [0.25, 0.3) is 0 Å². The van der Waals surface area contributed by atoms with E-state index in [0.29, 0.717) is 24.2 Å². The van der Waals surface area contributed by atoms with Crippen LogP contribution < -0.4 is 5.32 Å². The summed E-state index contributed by atoms with van der Waals surface area (Å²) < 4.78 is 37.5. The van der Waals surface area contributed by atoms with E-state index in [1.165, 1.54) is 6.07 Å². The summed E-state index contributed by atoms with van der Waals surface area (Å²) in [4.78, 5) is 11.7. The van der Waals surface area contributed by atoms with Gasteiger partial charge < -0.3 is 5.32 Å². The van der Waals surface area contributed by atoms with E-state index in [0.717, 1.165) is 4.31 Å². The maximum Gasteiger partial charge on any atom is 0.239 e. The van der Waals surface area contributed by atoms with Crippen molar-refractivity contribution in [3.8, 4) is 0 Å². The van der Waals surface area contributed by atoms with Gasteiger partial charge >= 0.3 is 0 Å². The van der Waals surface area contributed by atoms with Crippen molar-refractivity contribution in [2.45, 2.75) is 13.3 Å². The molecule has 2 rings (SSSR count). The van der Waals surface area contributed by atoms with Gasteiger partial charge in [-0.1, -0.05) is 6.07 Å². The van der Waals surface area contributed by atoms with Gasteiger partial charge in [-0.25, -0.2) is 12.8 Å². The average Bonchev–Trinajstić information content (AvgIpc) is 2.63. The van der Waals surface area contributed by atoms with E-state index in [9.17, 15) is 17.6 Å². The first-order chi connectivity index (χ1) is 8.88. The molecular formula is C12H15FN2O3S. The van der Waals surface area contributed by atoms with Crippen molar-refractivity contribution in [1.82, 2.24) is 4.31 Å². The van der Waals surface area contributed by atoms with Gasteiger partial charge in [0.15, 0.2) is 0 Å². The zero-order valence-corrected chi connectivity index (χ0v) is 11.3. The second kappa shape index (κ2) is 5.26. The van der Waals surface area contributed by atoms with Crippen LogP contribution in [0.25, 0.3) is 0 Å². The second-order valence-electron chi connectivity index (χ2n) is 4.52. The Bertz CT molecular complexity index is 601. The minimum atomic E-state index is -3.29. The maximum atomic E-state index is 13.3. The number of nitrogens with zero attached hydrogens (tertiary/aromatic N) is 1. The molecule has 1 heterocycles. The molecule has 0 radical (unpaired) electrons. The molecular weight excluding hydrogens is 271 g/mol. The molecule has 7 heteroatoms. The first-order valence-electron chi connectivity index (χ1n) is 5.92. The average molecular weight is 286 g/mol. The van der Waals surface area contributed by atoms with Crippen molar-refractivity contribution in [2.75, 3.05) is 24.2 Å². The van der Waals surface area contributed by atoms with Gasteiger partial charge in [-0.15, -0.1) is 0 Å². The van der Waals surface area contributed by atoms with Gasteiger partial charge in [0, 0.05) is 12.2 Å². The zero-order chi connectivity index (χ0) is 14.0. The number of sulfonamides is 1. The molecule has 0 bridgehead atoms. The largest absolute Gasteiger partial charge is 0.325 e. The van der Waals surface area contributed by atoms with Crippen LogP contribution in [0.3, 0.4) is 0 Å². The molecule has 0 spiro atoms. The molecule has 0 aliphatic carbocycles. The van der Waals surface area contributed by atoms with Crippen LogP contribution in [-0.2, 0) is 14.8 Å². The predicted octanol–water partition coefficient (Wildman–Crippen LogP) is 1.11. The molecule has 19 heavy (non-hydrogen) atoms. The van der Waals surface area contributed by atoms with Crippen molar-refractivity contribution >= 4 is 21.6 Å². The molecule has 1 saturated heterocycles. The molecule has 1 fully saturated rings. The summed E-state index contributed by atoms with van der Waals surface area (Å²) in [5.74, 6) is -0.792. The molecule has 0 aromatic heterocycles. The van der Waals surface area contributed by atoms with Crippen molar-refractivity contribution in [2.24, 2.45) is 0 Å². The Hall–Kier alpha value is -1.47. The summed E-state index contributed by atoms with van der Waals surface area (Å²) in [7, 11) is -3.29. The molecule has 0 saturated carbocycles. The van der Waals surface area contributed by atoms with Crippen LogP contribution in [0.5, 0.6) is 0 Å². The predicted molar refractivity (Wildman–Crippen MR) is 69.7 cm³/mol. The Balaban J connectivity index is 2.00. The number of benzene rings is 1. The Labute approximate surface area is 111 Å². The molecule has 0 atom stereocenters. The van der Waals surface area contributed by atoms with E-state index < -0.39 is 21.7 Å². The van der Waals surface area contributed by atoms with E-state index in [1.807, 2.05) is 0 Å². The van der Waals surface area contributed by atoms with Gasteiger partial charge in [-0.05, 0) is 31.0 Å². The van der Waals surface area contributed by atoms with Gasteiger partial charge in [0.2, 0.25) is 15.9 Å². The van der Waals surface area contributed by atoms with Crippen molar-refractivity contribution in [3.63, 3.8) is 0 Å². The Morgan fingerprint density at radius 2 is 2.21 bits per heavy atom. The standard InChI is InChI=1S/C12H15FN2O3S/c1-9-3-4-10(7-11(9)13)14-12(16)8-15-5-2-6-19(15,17)18/h3-4,7H,2,5-6,8H2,1H3,(H,14,16). The molecule has 1 aliphatic heterocycles. The summed E-state index contributed by atoms with van der Waals surface area (Å²) >= 11 is 0. The topological polar surface area (TPSA) is 66.5 Å². The summed E-state index contributed by atoms with van der Waals surface area (Å²) in [5.41, 5.74) is 0.810. The van der Waals surface area contributed by atoms with Gasteiger partial charge in [-0.2, -0.15) is 4.31 Å². The maximum absolute atomic E-state index is 13.3. The number of carbonyl (C=O) groups excluding carboxylic acids is 1. The van der Waals surface area contributed by atoms with E-state index in [-0.39, 0.29) is 12.3 Å². The molecule has 1 aromatic carbocycles. The monoisotopic (exact) mass is 286 g/mol.